The number of fused-ring (bicyclic) bond motifs is 1. The molecule has 0 bridgehead atoms. The van der Waals surface area contributed by atoms with E-state index in [-0.39, 0.29) is 52.1 Å². The number of rotatable bonds is 5. The van der Waals surface area contributed by atoms with Crippen LogP contribution in [-0.2, 0) is 11.2 Å². The van der Waals surface area contributed by atoms with Crippen LogP contribution in [0.25, 0.3) is 20.8 Å². The predicted molar refractivity (Wildman–Crippen MR) is 115 cm³/mol. The summed E-state index contributed by atoms with van der Waals surface area (Å²) in [4.78, 5) is 15.8. The van der Waals surface area contributed by atoms with Crippen molar-refractivity contribution in [2.75, 3.05) is 18.4 Å². The second kappa shape index (κ2) is 8.77. The average Bonchev–Trinajstić information content (AvgIpc) is 3.48. The van der Waals surface area contributed by atoms with Crippen molar-refractivity contribution < 1.29 is 31.3 Å². The predicted octanol–water partition coefficient (Wildman–Crippen LogP) is 4.26. The van der Waals surface area contributed by atoms with E-state index < -0.39 is 36.7 Å². The van der Waals surface area contributed by atoms with Crippen LogP contribution >= 0.6 is 11.3 Å². The molecule has 4 heterocycles. The van der Waals surface area contributed by atoms with Crippen LogP contribution in [0.15, 0.2) is 16.7 Å². The van der Waals surface area contributed by atoms with Gasteiger partial charge in [0.1, 0.15) is 18.0 Å². The molecule has 2 saturated heterocycles. The summed E-state index contributed by atoms with van der Waals surface area (Å²) >= 11 is 0.960. The van der Waals surface area contributed by atoms with Crippen LogP contribution in [-0.4, -0.2) is 47.5 Å². The second-order valence-electron chi connectivity index (χ2n) is 8.41. The minimum Gasteiger partial charge on any atom is -0.378 e. The molecule has 2 aliphatic heterocycles. The smallest absolute Gasteiger partial charge is 0.378 e. The number of aromatic nitrogens is 2. The van der Waals surface area contributed by atoms with Crippen molar-refractivity contribution in [1.29, 1.82) is 0 Å². The molecule has 0 aliphatic carbocycles. The summed E-state index contributed by atoms with van der Waals surface area (Å²) in [7, 11) is 0. The summed E-state index contributed by atoms with van der Waals surface area (Å²) in [5.74, 6) is -0.904. The van der Waals surface area contributed by atoms with Gasteiger partial charge in [0.15, 0.2) is 0 Å². The third-order valence-electron chi connectivity index (χ3n) is 5.92. The number of halogens is 5. The lowest BCUT2D eigenvalue weighted by Gasteiger charge is -2.28. The summed E-state index contributed by atoms with van der Waals surface area (Å²) in [5.41, 5.74) is 0.0379. The number of anilines is 1. The summed E-state index contributed by atoms with van der Waals surface area (Å²) in [6.07, 6.45) is -5.98. The maximum absolute atomic E-state index is 14.5. The minimum absolute atomic E-state index is 0.0599. The average molecular weight is 501 g/mol. The van der Waals surface area contributed by atoms with E-state index >= 15 is 0 Å². The number of piperidine rings is 1. The van der Waals surface area contributed by atoms with E-state index in [1.807, 2.05) is 0 Å². The van der Waals surface area contributed by atoms with Gasteiger partial charge in [-0.05, 0) is 37.1 Å². The Balaban J connectivity index is 1.59. The SMILES string of the molecule is O=C1CC[C@H](c2nc(-c3sc4c(N[C@@H]5CCNC[C@@H]5F)cc(F)cc4c3CC(F)(F)F)no2)N1. The number of hydrogen-bond acceptors (Lipinski definition) is 7. The highest BCUT2D eigenvalue weighted by Crippen LogP contribution is 2.44. The molecule has 2 fully saturated rings. The summed E-state index contributed by atoms with van der Waals surface area (Å²) < 4.78 is 74.9. The molecular formula is C21H20F5N5O2S. The lowest BCUT2D eigenvalue weighted by atomic mass is 10.0. The van der Waals surface area contributed by atoms with Crippen LogP contribution in [0.4, 0.5) is 27.6 Å². The number of amides is 1. The molecule has 3 aromatic rings. The van der Waals surface area contributed by atoms with Gasteiger partial charge in [-0.3, -0.25) is 4.79 Å². The molecule has 2 aromatic heterocycles. The van der Waals surface area contributed by atoms with Gasteiger partial charge in [-0.25, -0.2) is 8.78 Å². The zero-order valence-electron chi connectivity index (χ0n) is 17.6. The van der Waals surface area contributed by atoms with Crippen LogP contribution < -0.4 is 16.0 Å². The van der Waals surface area contributed by atoms with Crippen molar-refractivity contribution >= 4 is 33.0 Å². The van der Waals surface area contributed by atoms with E-state index in [4.69, 9.17) is 4.52 Å². The van der Waals surface area contributed by atoms with E-state index in [0.717, 1.165) is 23.5 Å². The van der Waals surface area contributed by atoms with Crippen molar-refractivity contribution in [2.45, 2.75) is 50.1 Å². The van der Waals surface area contributed by atoms with Gasteiger partial charge in [-0.1, -0.05) is 5.16 Å². The van der Waals surface area contributed by atoms with Gasteiger partial charge < -0.3 is 20.5 Å². The molecule has 7 nitrogen and oxygen atoms in total. The fourth-order valence-corrected chi connectivity index (χ4v) is 5.53. The van der Waals surface area contributed by atoms with Gasteiger partial charge in [-0.15, -0.1) is 11.3 Å². The highest BCUT2D eigenvalue weighted by atomic mass is 32.1. The van der Waals surface area contributed by atoms with E-state index in [2.05, 4.69) is 26.1 Å². The van der Waals surface area contributed by atoms with Crippen LogP contribution in [0.5, 0.6) is 0 Å². The summed E-state index contributed by atoms with van der Waals surface area (Å²) in [5, 5.41) is 12.5. The van der Waals surface area contributed by atoms with Gasteiger partial charge in [0.05, 0.1) is 27.7 Å². The first kappa shape index (κ1) is 23.0. The molecule has 182 valence electrons. The Bertz CT molecular complexity index is 1230. The van der Waals surface area contributed by atoms with E-state index in [0.29, 0.717) is 24.1 Å². The highest BCUT2D eigenvalue weighted by molar-refractivity contribution is 7.23. The Hall–Kier alpha value is -2.80. The number of nitrogens with zero attached hydrogens (tertiary/aromatic N) is 2. The topological polar surface area (TPSA) is 92.1 Å². The maximum atomic E-state index is 14.5. The zero-order valence-corrected chi connectivity index (χ0v) is 18.5. The van der Waals surface area contributed by atoms with Crippen molar-refractivity contribution in [2.24, 2.45) is 0 Å². The van der Waals surface area contributed by atoms with Crippen LogP contribution in [0, 0.1) is 5.82 Å². The van der Waals surface area contributed by atoms with Gasteiger partial charge in [-0.2, -0.15) is 18.2 Å². The molecule has 13 heteroatoms. The Kier molecular flexibility index (Phi) is 5.92. The highest BCUT2D eigenvalue weighted by Gasteiger charge is 2.34. The third-order valence-corrected chi connectivity index (χ3v) is 7.20. The first-order valence-electron chi connectivity index (χ1n) is 10.7. The van der Waals surface area contributed by atoms with E-state index in [1.165, 1.54) is 0 Å². The number of thiophene rings is 1. The molecule has 0 spiro atoms. The summed E-state index contributed by atoms with van der Waals surface area (Å²) in [6.45, 7) is 0.698. The number of carbonyl (C=O) groups is 1. The van der Waals surface area contributed by atoms with Gasteiger partial charge >= 0.3 is 6.18 Å². The molecular weight excluding hydrogens is 481 g/mol. The number of alkyl halides is 4. The van der Waals surface area contributed by atoms with Crippen molar-refractivity contribution in [3.05, 3.63) is 29.4 Å². The Morgan fingerprint density at radius 2 is 2.09 bits per heavy atom. The van der Waals surface area contributed by atoms with Crippen molar-refractivity contribution in [1.82, 2.24) is 20.8 Å². The van der Waals surface area contributed by atoms with E-state index in [9.17, 15) is 26.7 Å². The van der Waals surface area contributed by atoms with Crippen LogP contribution in [0.1, 0.15) is 36.8 Å². The molecule has 2 aliphatic rings. The number of nitrogens with one attached hydrogen (secondary N) is 3. The standard InChI is InChI=1S/C21H20F5N5O2S/c22-9-5-10-11(7-21(24,25)26)18(19-30-20(33-31-19)14-1-2-16(32)29-14)34-17(10)15(6-9)28-13-3-4-27-8-12(13)23/h5-6,12-14,27-28H,1-4,7-8H2,(H,29,32)/t12-,13+,14+/m0/s1. The number of hydrogen-bond donors (Lipinski definition) is 3. The molecule has 3 N–H and O–H groups in total. The van der Waals surface area contributed by atoms with Crippen LogP contribution in [0.3, 0.4) is 0 Å². The minimum atomic E-state index is -4.58. The normalized spacial score (nSPS) is 23.4. The lowest BCUT2D eigenvalue weighted by Crippen LogP contribution is -2.45. The van der Waals surface area contributed by atoms with Crippen LogP contribution in [0.2, 0.25) is 0 Å². The van der Waals surface area contributed by atoms with Gasteiger partial charge in [0, 0.05) is 18.4 Å². The Morgan fingerprint density at radius 3 is 2.79 bits per heavy atom. The number of carbonyl (C=O) groups excluding carboxylic acids is 1. The molecule has 5 rings (SSSR count). The van der Waals surface area contributed by atoms with Crippen molar-refractivity contribution in [3.8, 4) is 10.7 Å². The second-order valence-corrected chi connectivity index (χ2v) is 9.43. The first-order valence-corrected chi connectivity index (χ1v) is 11.6. The molecule has 0 radical (unpaired) electrons. The maximum Gasteiger partial charge on any atom is 0.393 e. The third kappa shape index (κ3) is 4.58. The zero-order chi connectivity index (χ0) is 24.0. The quantitative estimate of drug-likeness (QED) is 0.453. The Labute approximate surface area is 194 Å². The van der Waals surface area contributed by atoms with Gasteiger partial charge in [0.25, 0.3) is 0 Å². The lowest BCUT2D eigenvalue weighted by molar-refractivity contribution is -0.126. The first-order chi connectivity index (χ1) is 16.2. The molecule has 34 heavy (non-hydrogen) atoms. The Morgan fingerprint density at radius 1 is 1.26 bits per heavy atom. The molecule has 1 aromatic carbocycles. The van der Waals surface area contributed by atoms with Gasteiger partial charge in [0.2, 0.25) is 17.6 Å². The molecule has 0 unspecified atom stereocenters. The number of benzene rings is 1. The van der Waals surface area contributed by atoms with Crippen molar-refractivity contribution in [3.63, 3.8) is 0 Å². The molecule has 1 amide bonds. The monoisotopic (exact) mass is 501 g/mol. The fourth-order valence-electron chi connectivity index (χ4n) is 4.33. The summed E-state index contributed by atoms with van der Waals surface area (Å²) in [6, 6.07) is 1.08. The molecule has 3 atom stereocenters. The fraction of sp³-hybridized carbons (Fsp3) is 0.476. The van der Waals surface area contributed by atoms with E-state index in [1.54, 1.807) is 0 Å². The largest absolute Gasteiger partial charge is 0.393 e. The molecule has 0 saturated carbocycles.